The Labute approximate surface area is 102 Å². The molecule has 0 radical (unpaired) electrons. The van der Waals surface area contributed by atoms with Crippen molar-refractivity contribution in [1.82, 2.24) is 0 Å². The van der Waals surface area contributed by atoms with Crippen LogP contribution in [0.25, 0.3) is 0 Å². The van der Waals surface area contributed by atoms with Gasteiger partial charge in [0.15, 0.2) is 0 Å². The van der Waals surface area contributed by atoms with Crippen LogP contribution in [0.3, 0.4) is 0 Å². The minimum absolute atomic E-state index is 0.480. The van der Waals surface area contributed by atoms with Gasteiger partial charge in [-0.05, 0) is 25.3 Å². The second kappa shape index (κ2) is 7.53. The van der Waals surface area contributed by atoms with E-state index in [9.17, 15) is 5.11 Å². The highest BCUT2D eigenvalue weighted by Crippen LogP contribution is 2.28. The summed E-state index contributed by atoms with van der Waals surface area (Å²) in [5.74, 6) is 1.36. The molecule has 1 atom stereocenters. The summed E-state index contributed by atoms with van der Waals surface area (Å²) in [4.78, 5) is 0. The SMILES string of the molecule is CCCOc1ccccc1C(O)CCCCl. The van der Waals surface area contributed by atoms with E-state index in [1.54, 1.807) is 0 Å². The first-order chi connectivity index (χ1) is 7.79. The van der Waals surface area contributed by atoms with Gasteiger partial charge in [-0.25, -0.2) is 0 Å². The standard InChI is InChI=1S/C13H19ClO2/c1-2-10-16-13-8-4-3-6-11(13)12(15)7-5-9-14/h3-4,6,8,12,15H,2,5,7,9-10H2,1H3. The van der Waals surface area contributed by atoms with Crippen molar-refractivity contribution in [2.75, 3.05) is 12.5 Å². The minimum Gasteiger partial charge on any atom is -0.493 e. The topological polar surface area (TPSA) is 29.5 Å². The zero-order valence-corrected chi connectivity index (χ0v) is 10.4. The van der Waals surface area contributed by atoms with Crippen LogP contribution in [0.4, 0.5) is 0 Å². The van der Waals surface area contributed by atoms with Crippen molar-refractivity contribution in [3.8, 4) is 5.75 Å². The molecule has 0 aliphatic heterocycles. The van der Waals surface area contributed by atoms with Crippen molar-refractivity contribution in [3.63, 3.8) is 0 Å². The number of hydrogen-bond acceptors (Lipinski definition) is 2. The lowest BCUT2D eigenvalue weighted by Crippen LogP contribution is -2.03. The first kappa shape index (κ1) is 13.3. The first-order valence-corrected chi connectivity index (χ1v) is 6.28. The summed E-state index contributed by atoms with van der Waals surface area (Å²) in [5, 5.41) is 9.99. The molecular weight excluding hydrogens is 224 g/mol. The normalized spacial score (nSPS) is 12.4. The van der Waals surface area contributed by atoms with E-state index in [1.165, 1.54) is 0 Å². The smallest absolute Gasteiger partial charge is 0.125 e. The van der Waals surface area contributed by atoms with Gasteiger partial charge in [0, 0.05) is 11.4 Å². The molecule has 1 N–H and O–H groups in total. The fourth-order valence-corrected chi connectivity index (χ4v) is 1.68. The molecule has 1 aromatic carbocycles. The van der Waals surface area contributed by atoms with Crippen LogP contribution in [0.15, 0.2) is 24.3 Å². The van der Waals surface area contributed by atoms with Crippen molar-refractivity contribution in [2.45, 2.75) is 32.3 Å². The Balaban J connectivity index is 2.68. The average Bonchev–Trinajstić information content (AvgIpc) is 2.33. The molecule has 0 amide bonds. The van der Waals surface area contributed by atoms with E-state index in [0.717, 1.165) is 24.2 Å². The van der Waals surface area contributed by atoms with Gasteiger partial charge < -0.3 is 9.84 Å². The lowest BCUT2D eigenvalue weighted by atomic mass is 10.0. The molecule has 0 heterocycles. The van der Waals surface area contributed by atoms with Gasteiger partial charge in [-0.3, -0.25) is 0 Å². The fourth-order valence-electron chi connectivity index (χ4n) is 1.53. The summed E-state index contributed by atoms with van der Waals surface area (Å²) in [5.41, 5.74) is 0.862. The average molecular weight is 243 g/mol. The molecule has 3 heteroatoms. The Bertz CT molecular complexity index is 302. The molecule has 1 unspecified atom stereocenters. The molecule has 0 fully saturated rings. The molecule has 2 nitrogen and oxygen atoms in total. The van der Waals surface area contributed by atoms with Crippen molar-refractivity contribution in [1.29, 1.82) is 0 Å². The predicted molar refractivity (Wildman–Crippen MR) is 67.1 cm³/mol. The molecular formula is C13H19ClO2. The van der Waals surface area contributed by atoms with Crippen LogP contribution in [0.5, 0.6) is 5.75 Å². The summed E-state index contributed by atoms with van der Waals surface area (Å²) < 4.78 is 5.59. The van der Waals surface area contributed by atoms with Crippen LogP contribution < -0.4 is 4.74 Å². The summed E-state index contributed by atoms with van der Waals surface area (Å²) in [6.07, 6.45) is 1.97. The molecule has 0 aliphatic carbocycles. The molecule has 0 saturated heterocycles. The summed E-state index contributed by atoms with van der Waals surface area (Å²) in [7, 11) is 0. The van der Waals surface area contributed by atoms with E-state index >= 15 is 0 Å². The zero-order valence-electron chi connectivity index (χ0n) is 9.66. The predicted octanol–water partition coefficient (Wildman–Crippen LogP) is 3.53. The third kappa shape index (κ3) is 4.03. The molecule has 0 spiro atoms. The second-order valence-electron chi connectivity index (χ2n) is 3.73. The van der Waals surface area contributed by atoms with Crippen molar-refractivity contribution in [2.24, 2.45) is 0 Å². The van der Waals surface area contributed by atoms with Gasteiger partial charge in [0.25, 0.3) is 0 Å². The largest absolute Gasteiger partial charge is 0.493 e. The Morgan fingerprint density at radius 1 is 1.38 bits per heavy atom. The van der Waals surface area contributed by atoms with Gasteiger partial charge in [0.2, 0.25) is 0 Å². The van der Waals surface area contributed by atoms with Crippen LogP contribution >= 0.6 is 11.6 Å². The Morgan fingerprint density at radius 2 is 2.12 bits per heavy atom. The lowest BCUT2D eigenvalue weighted by molar-refractivity contribution is 0.160. The number of halogens is 1. The monoisotopic (exact) mass is 242 g/mol. The summed E-state index contributed by atoms with van der Waals surface area (Å²) >= 11 is 5.61. The lowest BCUT2D eigenvalue weighted by Gasteiger charge is -2.15. The highest BCUT2D eigenvalue weighted by atomic mass is 35.5. The number of hydrogen-bond donors (Lipinski definition) is 1. The number of aliphatic hydroxyl groups is 1. The third-order valence-corrected chi connectivity index (χ3v) is 2.62. The molecule has 0 saturated carbocycles. The van der Waals surface area contributed by atoms with Gasteiger partial charge >= 0.3 is 0 Å². The molecule has 1 rings (SSSR count). The van der Waals surface area contributed by atoms with Gasteiger partial charge in [-0.2, -0.15) is 0 Å². The highest BCUT2D eigenvalue weighted by Gasteiger charge is 2.12. The van der Waals surface area contributed by atoms with Crippen molar-refractivity contribution in [3.05, 3.63) is 29.8 Å². The number of para-hydroxylation sites is 1. The molecule has 0 aromatic heterocycles. The number of benzene rings is 1. The maximum atomic E-state index is 9.99. The van der Waals surface area contributed by atoms with E-state index in [-0.39, 0.29) is 0 Å². The Kier molecular flexibility index (Phi) is 6.27. The van der Waals surface area contributed by atoms with Crippen LogP contribution in [-0.2, 0) is 0 Å². The molecule has 16 heavy (non-hydrogen) atoms. The molecule has 1 aromatic rings. The van der Waals surface area contributed by atoms with Crippen molar-refractivity contribution < 1.29 is 9.84 Å². The highest BCUT2D eigenvalue weighted by molar-refractivity contribution is 6.17. The first-order valence-electron chi connectivity index (χ1n) is 5.75. The fraction of sp³-hybridized carbons (Fsp3) is 0.538. The third-order valence-electron chi connectivity index (χ3n) is 2.35. The minimum atomic E-state index is -0.480. The van der Waals surface area contributed by atoms with Crippen LogP contribution in [0.1, 0.15) is 37.9 Å². The van der Waals surface area contributed by atoms with Gasteiger partial charge in [0.05, 0.1) is 12.7 Å². The van der Waals surface area contributed by atoms with Crippen LogP contribution in [0.2, 0.25) is 0 Å². The molecule has 0 bridgehead atoms. The summed E-state index contributed by atoms with van der Waals surface area (Å²) in [6, 6.07) is 7.64. The van der Waals surface area contributed by atoms with E-state index in [4.69, 9.17) is 16.3 Å². The number of rotatable bonds is 7. The molecule has 90 valence electrons. The number of aliphatic hydroxyl groups excluding tert-OH is 1. The van der Waals surface area contributed by atoms with E-state index in [2.05, 4.69) is 6.92 Å². The van der Waals surface area contributed by atoms with Crippen LogP contribution in [0, 0.1) is 0 Å². The summed E-state index contributed by atoms with van der Waals surface area (Å²) in [6.45, 7) is 2.74. The second-order valence-corrected chi connectivity index (χ2v) is 4.11. The maximum Gasteiger partial charge on any atom is 0.125 e. The molecule has 0 aliphatic rings. The van der Waals surface area contributed by atoms with E-state index in [0.29, 0.717) is 18.9 Å². The van der Waals surface area contributed by atoms with E-state index < -0.39 is 6.10 Å². The van der Waals surface area contributed by atoms with Gasteiger partial charge in [0.1, 0.15) is 5.75 Å². The van der Waals surface area contributed by atoms with Gasteiger partial charge in [-0.15, -0.1) is 11.6 Å². The zero-order chi connectivity index (χ0) is 11.8. The number of ether oxygens (including phenoxy) is 1. The van der Waals surface area contributed by atoms with Crippen molar-refractivity contribution >= 4 is 11.6 Å². The number of alkyl halides is 1. The van der Waals surface area contributed by atoms with Crippen LogP contribution in [-0.4, -0.2) is 17.6 Å². The van der Waals surface area contributed by atoms with E-state index in [1.807, 2.05) is 24.3 Å². The van der Waals surface area contributed by atoms with Gasteiger partial charge in [-0.1, -0.05) is 25.1 Å². The Hall–Kier alpha value is -0.730. The maximum absolute atomic E-state index is 9.99. The quantitative estimate of drug-likeness (QED) is 0.742. The Morgan fingerprint density at radius 3 is 2.81 bits per heavy atom.